The van der Waals surface area contributed by atoms with Gasteiger partial charge in [-0.05, 0) is 50.2 Å². The number of halogens is 1. The molecule has 1 amide bonds. The predicted molar refractivity (Wildman–Crippen MR) is 87.0 cm³/mol. The molecular formula is C15H21ClN2O2S. The molecule has 1 aromatic rings. The zero-order valence-corrected chi connectivity index (χ0v) is 13.7. The second-order valence-electron chi connectivity index (χ2n) is 5.01. The molecule has 1 saturated heterocycles. The van der Waals surface area contributed by atoms with Crippen LogP contribution in [0.1, 0.15) is 12.8 Å². The smallest absolute Gasteiger partial charge is 0.252 e. The third-order valence-corrected chi connectivity index (χ3v) is 4.95. The van der Waals surface area contributed by atoms with E-state index in [1.165, 1.54) is 0 Å². The highest BCUT2D eigenvalue weighted by atomic mass is 35.5. The van der Waals surface area contributed by atoms with Crippen LogP contribution in [-0.2, 0) is 9.53 Å². The number of hydrogen-bond donors (Lipinski definition) is 2. The largest absolute Gasteiger partial charge is 0.368 e. The van der Waals surface area contributed by atoms with Crippen LogP contribution in [0.2, 0.25) is 5.02 Å². The van der Waals surface area contributed by atoms with Crippen molar-refractivity contribution in [1.29, 1.82) is 0 Å². The van der Waals surface area contributed by atoms with Gasteiger partial charge in [0.15, 0.2) is 0 Å². The third kappa shape index (κ3) is 4.61. The maximum atomic E-state index is 12.3. The number of ether oxygens (including phenoxy) is 1. The Morgan fingerprint density at radius 2 is 2.05 bits per heavy atom. The fourth-order valence-corrected chi connectivity index (χ4v) is 3.27. The summed E-state index contributed by atoms with van der Waals surface area (Å²) in [6, 6.07) is 7.71. The second kappa shape index (κ2) is 8.03. The number of thioether (sulfide) groups is 1. The normalized spacial score (nSPS) is 17.4. The van der Waals surface area contributed by atoms with Crippen molar-refractivity contribution < 1.29 is 9.53 Å². The van der Waals surface area contributed by atoms with Crippen LogP contribution in [0, 0.1) is 0 Å². The highest BCUT2D eigenvalue weighted by molar-refractivity contribution is 7.99. The zero-order valence-electron chi connectivity index (χ0n) is 12.2. The summed E-state index contributed by atoms with van der Waals surface area (Å²) in [4.78, 5) is 13.5. The van der Waals surface area contributed by atoms with Gasteiger partial charge >= 0.3 is 0 Å². The van der Waals surface area contributed by atoms with Crippen molar-refractivity contribution >= 4 is 29.3 Å². The topological polar surface area (TPSA) is 50.4 Å². The lowest BCUT2D eigenvalue weighted by atomic mass is 9.91. The van der Waals surface area contributed by atoms with Gasteiger partial charge in [-0.15, -0.1) is 11.8 Å². The zero-order chi connectivity index (χ0) is 15.1. The molecule has 0 bridgehead atoms. The molecule has 0 unspecified atom stereocenters. The van der Waals surface area contributed by atoms with Crippen LogP contribution >= 0.6 is 23.4 Å². The molecule has 1 heterocycles. The van der Waals surface area contributed by atoms with Crippen LogP contribution in [0.15, 0.2) is 29.2 Å². The third-order valence-electron chi connectivity index (χ3n) is 3.69. The van der Waals surface area contributed by atoms with Crippen molar-refractivity contribution in [2.24, 2.45) is 0 Å². The molecule has 21 heavy (non-hydrogen) atoms. The van der Waals surface area contributed by atoms with Crippen molar-refractivity contribution in [3.8, 4) is 0 Å². The van der Waals surface area contributed by atoms with Gasteiger partial charge < -0.3 is 15.4 Å². The minimum Gasteiger partial charge on any atom is -0.368 e. The number of methoxy groups -OCH3 is 1. The summed E-state index contributed by atoms with van der Waals surface area (Å²) >= 11 is 7.54. The summed E-state index contributed by atoms with van der Waals surface area (Å²) in [5, 5.41) is 6.97. The first-order valence-corrected chi connectivity index (χ1v) is 8.45. The molecular weight excluding hydrogens is 308 g/mol. The molecule has 4 nitrogen and oxygen atoms in total. The molecule has 0 atom stereocenters. The van der Waals surface area contributed by atoms with E-state index in [1.54, 1.807) is 18.9 Å². The Bertz CT molecular complexity index is 461. The van der Waals surface area contributed by atoms with Crippen LogP contribution in [0.4, 0.5) is 0 Å². The molecule has 0 aromatic heterocycles. The first kappa shape index (κ1) is 16.6. The van der Waals surface area contributed by atoms with Crippen LogP contribution in [-0.4, -0.2) is 44.0 Å². The lowest BCUT2D eigenvalue weighted by Gasteiger charge is -2.34. The Balaban J connectivity index is 1.74. The van der Waals surface area contributed by atoms with Gasteiger partial charge in [-0.25, -0.2) is 0 Å². The van der Waals surface area contributed by atoms with E-state index in [9.17, 15) is 4.79 Å². The maximum Gasteiger partial charge on any atom is 0.252 e. The first-order valence-electron chi connectivity index (χ1n) is 7.09. The summed E-state index contributed by atoms with van der Waals surface area (Å²) in [6.07, 6.45) is 1.44. The summed E-state index contributed by atoms with van der Waals surface area (Å²) in [5.74, 6) is 0.828. The van der Waals surface area contributed by atoms with Gasteiger partial charge in [-0.2, -0.15) is 0 Å². The van der Waals surface area contributed by atoms with E-state index in [4.69, 9.17) is 16.3 Å². The van der Waals surface area contributed by atoms with E-state index in [1.807, 2.05) is 24.3 Å². The molecule has 0 saturated carbocycles. The molecule has 116 valence electrons. The Hall–Kier alpha value is -0.750. The summed E-state index contributed by atoms with van der Waals surface area (Å²) < 4.78 is 5.50. The number of rotatable bonds is 6. The average molecular weight is 329 g/mol. The van der Waals surface area contributed by atoms with Crippen molar-refractivity contribution in [1.82, 2.24) is 10.6 Å². The molecule has 1 aromatic carbocycles. The minimum absolute atomic E-state index is 0.00297. The SMILES string of the molecule is COC1(C(=O)NCCSc2ccc(Cl)cc2)CCNCC1. The molecule has 1 aliphatic rings. The summed E-state index contributed by atoms with van der Waals surface area (Å²) in [6.45, 7) is 2.27. The van der Waals surface area contributed by atoms with Crippen molar-refractivity contribution in [3.05, 3.63) is 29.3 Å². The van der Waals surface area contributed by atoms with Crippen LogP contribution < -0.4 is 10.6 Å². The maximum absolute atomic E-state index is 12.3. The van der Waals surface area contributed by atoms with E-state index < -0.39 is 5.60 Å². The van der Waals surface area contributed by atoms with Crippen molar-refractivity contribution in [3.63, 3.8) is 0 Å². The van der Waals surface area contributed by atoms with E-state index in [0.717, 1.165) is 41.6 Å². The molecule has 1 aliphatic heterocycles. The number of carbonyl (C=O) groups excluding carboxylic acids is 1. The first-order chi connectivity index (χ1) is 10.2. The quantitative estimate of drug-likeness (QED) is 0.621. The number of carbonyl (C=O) groups is 1. The van der Waals surface area contributed by atoms with Gasteiger partial charge in [0, 0.05) is 29.3 Å². The molecule has 1 fully saturated rings. The van der Waals surface area contributed by atoms with Gasteiger partial charge in [0.2, 0.25) is 0 Å². The van der Waals surface area contributed by atoms with Gasteiger partial charge in [0.1, 0.15) is 5.60 Å². The number of hydrogen-bond acceptors (Lipinski definition) is 4. The Morgan fingerprint density at radius 1 is 1.38 bits per heavy atom. The van der Waals surface area contributed by atoms with Gasteiger partial charge in [0.25, 0.3) is 5.91 Å². The Morgan fingerprint density at radius 3 is 2.67 bits per heavy atom. The highest BCUT2D eigenvalue weighted by Crippen LogP contribution is 2.23. The Kier molecular flexibility index (Phi) is 6.36. The van der Waals surface area contributed by atoms with Crippen LogP contribution in [0.25, 0.3) is 0 Å². The van der Waals surface area contributed by atoms with Crippen molar-refractivity contribution in [2.45, 2.75) is 23.3 Å². The lowest BCUT2D eigenvalue weighted by Crippen LogP contribution is -2.54. The standard InChI is InChI=1S/C15H21ClN2O2S/c1-20-15(6-8-17-9-7-15)14(19)18-10-11-21-13-4-2-12(16)3-5-13/h2-5,17H,6-11H2,1H3,(H,18,19). The van der Waals surface area contributed by atoms with Gasteiger partial charge in [-0.1, -0.05) is 11.6 Å². The molecule has 0 spiro atoms. The van der Waals surface area contributed by atoms with Gasteiger partial charge in [0.05, 0.1) is 0 Å². The number of benzene rings is 1. The van der Waals surface area contributed by atoms with Crippen LogP contribution in [0.5, 0.6) is 0 Å². The number of piperidine rings is 1. The number of amides is 1. The molecule has 2 N–H and O–H groups in total. The minimum atomic E-state index is -0.657. The van der Waals surface area contributed by atoms with E-state index in [0.29, 0.717) is 6.54 Å². The average Bonchev–Trinajstić information content (AvgIpc) is 2.53. The summed E-state index contributed by atoms with van der Waals surface area (Å²) in [5.41, 5.74) is -0.657. The fraction of sp³-hybridized carbons (Fsp3) is 0.533. The van der Waals surface area contributed by atoms with Gasteiger partial charge in [-0.3, -0.25) is 4.79 Å². The van der Waals surface area contributed by atoms with E-state index in [2.05, 4.69) is 10.6 Å². The second-order valence-corrected chi connectivity index (χ2v) is 6.61. The lowest BCUT2D eigenvalue weighted by molar-refractivity contribution is -0.146. The van der Waals surface area contributed by atoms with Crippen molar-refractivity contribution in [2.75, 3.05) is 32.5 Å². The number of nitrogens with one attached hydrogen (secondary N) is 2. The molecule has 0 radical (unpaired) electrons. The summed E-state index contributed by atoms with van der Waals surface area (Å²) in [7, 11) is 1.62. The highest BCUT2D eigenvalue weighted by Gasteiger charge is 2.39. The predicted octanol–water partition coefficient (Wildman–Crippen LogP) is 2.32. The van der Waals surface area contributed by atoms with E-state index in [-0.39, 0.29) is 5.91 Å². The fourth-order valence-electron chi connectivity index (χ4n) is 2.38. The molecule has 0 aliphatic carbocycles. The van der Waals surface area contributed by atoms with Crippen LogP contribution in [0.3, 0.4) is 0 Å². The van der Waals surface area contributed by atoms with E-state index >= 15 is 0 Å². The molecule has 2 rings (SSSR count). The monoisotopic (exact) mass is 328 g/mol. The Labute approximate surface area is 135 Å². The molecule has 6 heteroatoms.